The minimum absolute atomic E-state index is 0.455. The minimum Gasteiger partial charge on any atom is -0.469 e. The summed E-state index contributed by atoms with van der Waals surface area (Å²) in [6, 6.07) is 2.00. The number of aromatic nitrogens is 1. The molecule has 0 saturated carbocycles. The molecule has 0 unspecified atom stereocenters. The molecule has 18 heavy (non-hydrogen) atoms. The third-order valence-electron chi connectivity index (χ3n) is 2.90. The van der Waals surface area contributed by atoms with E-state index in [0.29, 0.717) is 5.92 Å². The molecule has 3 nitrogen and oxygen atoms in total. The number of thiazole rings is 1. The number of nitrogens with zero attached hydrogens (tertiary/aromatic N) is 1. The van der Waals surface area contributed by atoms with Gasteiger partial charge < -0.3 is 9.73 Å². The van der Waals surface area contributed by atoms with Crippen molar-refractivity contribution in [3.8, 4) is 10.6 Å². The Morgan fingerprint density at radius 1 is 1.44 bits per heavy atom. The van der Waals surface area contributed by atoms with Crippen molar-refractivity contribution in [2.45, 2.75) is 40.2 Å². The molecule has 0 saturated heterocycles. The molecule has 0 amide bonds. The molecule has 0 spiro atoms. The summed E-state index contributed by atoms with van der Waals surface area (Å²) in [5.74, 6) is 1.39. The second-order valence-corrected chi connectivity index (χ2v) is 5.74. The Hall–Kier alpha value is -1.13. The van der Waals surface area contributed by atoms with Crippen molar-refractivity contribution in [3.63, 3.8) is 0 Å². The van der Waals surface area contributed by atoms with E-state index in [1.807, 2.05) is 13.0 Å². The largest absolute Gasteiger partial charge is 0.469 e. The van der Waals surface area contributed by atoms with Crippen LogP contribution in [0.5, 0.6) is 0 Å². The Bertz CT molecular complexity index is 514. The van der Waals surface area contributed by atoms with Crippen LogP contribution in [-0.4, -0.2) is 11.5 Å². The lowest BCUT2D eigenvalue weighted by Gasteiger charge is -2.04. The summed E-state index contributed by atoms with van der Waals surface area (Å²) >= 11 is 1.77. The van der Waals surface area contributed by atoms with E-state index >= 15 is 0 Å². The number of aryl methyl sites for hydroxylation is 1. The lowest BCUT2D eigenvalue weighted by Crippen LogP contribution is -2.12. The average Bonchev–Trinajstić information content (AvgIpc) is 2.92. The van der Waals surface area contributed by atoms with Crippen molar-refractivity contribution in [1.82, 2.24) is 10.3 Å². The molecule has 2 rings (SSSR count). The van der Waals surface area contributed by atoms with Crippen LogP contribution in [0.4, 0.5) is 0 Å². The summed E-state index contributed by atoms with van der Waals surface area (Å²) in [6.45, 7) is 10.4. The van der Waals surface area contributed by atoms with E-state index in [2.05, 4.69) is 26.1 Å². The van der Waals surface area contributed by atoms with E-state index < -0.39 is 0 Å². The van der Waals surface area contributed by atoms with Gasteiger partial charge in [-0.15, -0.1) is 11.3 Å². The van der Waals surface area contributed by atoms with Gasteiger partial charge in [-0.2, -0.15) is 0 Å². The van der Waals surface area contributed by atoms with Crippen LogP contribution in [-0.2, 0) is 6.54 Å². The summed E-state index contributed by atoms with van der Waals surface area (Å²) in [7, 11) is 0. The third-order valence-corrected chi connectivity index (χ3v) is 4.00. The van der Waals surface area contributed by atoms with Crippen LogP contribution < -0.4 is 5.32 Å². The molecule has 1 N–H and O–H groups in total. The molecular formula is C14H20N2OS. The van der Waals surface area contributed by atoms with E-state index in [9.17, 15) is 0 Å². The molecule has 0 aromatic carbocycles. The Labute approximate surface area is 112 Å². The standard InChI is InChI=1S/C14H20N2OS/c1-5-15-8-12-13(9(2)3)16-14(18-12)11-6-7-17-10(11)4/h6-7,9,15H,5,8H2,1-4H3. The Kier molecular flexibility index (Phi) is 4.19. The zero-order valence-electron chi connectivity index (χ0n) is 11.4. The fourth-order valence-electron chi connectivity index (χ4n) is 1.90. The molecular weight excluding hydrogens is 244 g/mol. The smallest absolute Gasteiger partial charge is 0.127 e. The van der Waals surface area contributed by atoms with Crippen LogP contribution in [0.2, 0.25) is 0 Å². The second kappa shape index (κ2) is 5.67. The van der Waals surface area contributed by atoms with Crippen molar-refractivity contribution in [2.75, 3.05) is 6.54 Å². The lowest BCUT2D eigenvalue weighted by atomic mass is 10.1. The van der Waals surface area contributed by atoms with E-state index in [1.165, 1.54) is 10.6 Å². The van der Waals surface area contributed by atoms with Gasteiger partial charge in [-0.05, 0) is 25.5 Å². The van der Waals surface area contributed by atoms with E-state index in [4.69, 9.17) is 9.40 Å². The fourth-order valence-corrected chi connectivity index (χ4v) is 3.16. The van der Waals surface area contributed by atoms with Crippen LogP contribution in [0, 0.1) is 6.92 Å². The van der Waals surface area contributed by atoms with E-state index in [1.54, 1.807) is 17.6 Å². The number of nitrogens with one attached hydrogen (secondary N) is 1. The molecule has 0 fully saturated rings. The first-order valence-corrected chi connectivity index (χ1v) is 7.19. The average molecular weight is 264 g/mol. The number of hydrogen-bond acceptors (Lipinski definition) is 4. The SMILES string of the molecule is CCNCc1sc(-c2ccoc2C)nc1C(C)C. The summed E-state index contributed by atoms with van der Waals surface area (Å²) < 4.78 is 5.36. The van der Waals surface area contributed by atoms with Gasteiger partial charge in [0.15, 0.2) is 0 Å². The summed E-state index contributed by atoms with van der Waals surface area (Å²) in [6.07, 6.45) is 1.73. The van der Waals surface area contributed by atoms with Gasteiger partial charge in [0.1, 0.15) is 10.8 Å². The minimum atomic E-state index is 0.455. The zero-order valence-corrected chi connectivity index (χ0v) is 12.2. The first kappa shape index (κ1) is 13.3. The van der Waals surface area contributed by atoms with Gasteiger partial charge in [-0.1, -0.05) is 20.8 Å². The maximum Gasteiger partial charge on any atom is 0.127 e. The van der Waals surface area contributed by atoms with Crippen LogP contribution in [0.1, 0.15) is 43.0 Å². The first-order chi connectivity index (χ1) is 8.63. The van der Waals surface area contributed by atoms with Gasteiger partial charge in [0.25, 0.3) is 0 Å². The van der Waals surface area contributed by atoms with Crippen LogP contribution >= 0.6 is 11.3 Å². The monoisotopic (exact) mass is 264 g/mol. The highest BCUT2D eigenvalue weighted by Gasteiger charge is 2.16. The second-order valence-electron chi connectivity index (χ2n) is 4.65. The Morgan fingerprint density at radius 3 is 2.78 bits per heavy atom. The molecule has 2 heterocycles. The maximum absolute atomic E-state index is 5.36. The van der Waals surface area contributed by atoms with E-state index in [0.717, 1.165) is 29.4 Å². The molecule has 2 aromatic rings. The van der Waals surface area contributed by atoms with Crippen LogP contribution in [0.3, 0.4) is 0 Å². The third kappa shape index (κ3) is 2.65. The molecule has 2 aromatic heterocycles. The number of rotatable bonds is 5. The lowest BCUT2D eigenvalue weighted by molar-refractivity contribution is 0.535. The number of furan rings is 1. The Morgan fingerprint density at radius 2 is 2.22 bits per heavy atom. The molecule has 0 aliphatic carbocycles. The first-order valence-electron chi connectivity index (χ1n) is 6.38. The van der Waals surface area contributed by atoms with Gasteiger partial charge in [0.2, 0.25) is 0 Å². The fraction of sp³-hybridized carbons (Fsp3) is 0.500. The normalized spacial score (nSPS) is 11.4. The predicted molar refractivity (Wildman–Crippen MR) is 76.0 cm³/mol. The topological polar surface area (TPSA) is 38.1 Å². The maximum atomic E-state index is 5.36. The van der Waals surface area contributed by atoms with Gasteiger partial charge in [-0.3, -0.25) is 0 Å². The van der Waals surface area contributed by atoms with E-state index in [-0.39, 0.29) is 0 Å². The van der Waals surface area contributed by atoms with Crippen molar-refractivity contribution >= 4 is 11.3 Å². The van der Waals surface area contributed by atoms with Crippen LogP contribution in [0.25, 0.3) is 10.6 Å². The molecule has 98 valence electrons. The summed E-state index contributed by atoms with van der Waals surface area (Å²) in [4.78, 5) is 6.12. The predicted octanol–water partition coefficient (Wildman–Crippen LogP) is 3.94. The van der Waals surface area contributed by atoms with Gasteiger partial charge >= 0.3 is 0 Å². The summed E-state index contributed by atoms with van der Waals surface area (Å²) in [5, 5.41) is 4.45. The molecule has 4 heteroatoms. The zero-order chi connectivity index (χ0) is 13.1. The molecule has 0 bridgehead atoms. The Balaban J connectivity index is 2.36. The highest BCUT2D eigenvalue weighted by atomic mass is 32.1. The molecule has 0 radical (unpaired) electrons. The van der Waals surface area contributed by atoms with Gasteiger partial charge in [0.05, 0.1) is 17.5 Å². The quantitative estimate of drug-likeness (QED) is 0.888. The van der Waals surface area contributed by atoms with Gasteiger partial charge in [-0.25, -0.2) is 4.98 Å². The highest BCUT2D eigenvalue weighted by molar-refractivity contribution is 7.15. The summed E-state index contributed by atoms with van der Waals surface area (Å²) in [5.41, 5.74) is 2.32. The van der Waals surface area contributed by atoms with Crippen molar-refractivity contribution in [2.24, 2.45) is 0 Å². The number of hydrogen-bond donors (Lipinski definition) is 1. The molecule has 0 aliphatic rings. The van der Waals surface area contributed by atoms with Crippen molar-refractivity contribution in [3.05, 3.63) is 28.7 Å². The molecule has 0 aliphatic heterocycles. The van der Waals surface area contributed by atoms with Crippen LogP contribution in [0.15, 0.2) is 16.7 Å². The van der Waals surface area contributed by atoms with Crippen molar-refractivity contribution in [1.29, 1.82) is 0 Å². The van der Waals surface area contributed by atoms with Crippen molar-refractivity contribution < 1.29 is 4.42 Å². The molecule has 0 atom stereocenters. The van der Waals surface area contributed by atoms with Gasteiger partial charge in [0, 0.05) is 11.4 Å². The highest BCUT2D eigenvalue weighted by Crippen LogP contribution is 2.33.